The van der Waals surface area contributed by atoms with E-state index in [9.17, 15) is 30.0 Å². The van der Waals surface area contributed by atoms with Crippen molar-refractivity contribution in [3.63, 3.8) is 0 Å². The van der Waals surface area contributed by atoms with Crippen LogP contribution in [0, 0.1) is 13.8 Å². The van der Waals surface area contributed by atoms with Crippen molar-refractivity contribution in [2.45, 2.75) is 44.8 Å². The lowest BCUT2D eigenvalue weighted by Gasteiger charge is -2.27. The number of nitrogens with zero attached hydrogens (tertiary/aromatic N) is 3. The molecule has 11 heteroatoms. The van der Waals surface area contributed by atoms with Crippen LogP contribution in [0.2, 0.25) is 0 Å². The summed E-state index contributed by atoms with van der Waals surface area (Å²) in [7, 11) is 0. The topological polar surface area (TPSA) is 182 Å². The highest BCUT2D eigenvalue weighted by atomic mass is 16.4. The van der Waals surface area contributed by atoms with Gasteiger partial charge in [0.15, 0.2) is 11.5 Å². The van der Waals surface area contributed by atoms with Crippen LogP contribution >= 0.6 is 0 Å². The molecule has 0 radical (unpaired) electrons. The van der Waals surface area contributed by atoms with Crippen molar-refractivity contribution in [1.82, 2.24) is 19.5 Å². The molecule has 156 valence electrons. The van der Waals surface area contributed by atoms with Crippen LogP contribution in [0.25, 0.3) is 22.6 Å². The molecule has 0 aliphatic carbocycles. The highest BCUT2D eigenvalue weighted by Gasteiger charge is 2.31. The molecule has 0 saturated heterocycles. The summed E-state index contributed by atoms with van der Waals surface area (Å²) in [4.78, 5) is 34.1. The van der Waals surface area contributed by atoms with Crippen LogP contribution in [-0.4, -0.2) is 76.1 Å². The number of hydrogen-bond donors (Lipinski definition) is 6. The number of aliphatic hydroxyl groups excluding tert-OH is 5. The van der Waals surface area contributed by atoms with E-state index in [1.165, 1.54) is 4.57 Å². The average Bonchev–Trinajstić information content (AvgIpc) is 2.68. The maximum atomic E-state index is 12.2. The lowest BCUT2D eigenvalue weighted by Crippen LogP contribution is -2.47. The van der Waals surface area contributed by atoms with Gasteiger partial charge in [0.1, 0.15) is 24.4 Å². The Morgan fingerprint density at radius 3 is 2.28 bits per heavy atom. The summed E-state index contributed by atoms with van der Waals surface area (Å²) in [6.07, 6.45) is -6.91. The third-order valence-corrected chi connectivity index (χ3v) is 4.92. The predicted octanol–water partition coefficient (Wildman–Crippen LogP) is -2.36. The van der Waals surface area contributed by atoms with E-state index in [2.05, 4.69) is 9.97 Å². The molecule has 2 aliphatic rings. The molecular weight excluding hydrogens is 384 g/mol. The van der Waals surface area contributed by atoms with Crippen molar-refractivity contribution in [2.75, 3.05) is 6.61 Å². The first-order valence-corrected chi connectivity index (χ1v) is 8.89. The minimum atomic E-state index is -1.82. The zero-order valence-corrected chi connectivity index (χ0v) is 15.8. The molecule has 0 unspecified atom stereocenters. The van der Waals surface area contributed by atoms with Crippen LogP contribution in [-0.2, 0) is 6.54 Å². The summed E-state index contributed by atoms with van der Waals surface area (Å²) < 4.78 is 1.35. The third-order valence-electron chi connectivity index (χ3n) is 4.92. The fourth-order valence-electron chi connectivity index (χ4n) is 3.09. The van der Waals surface area contributed by atoms with Crippen LogP contribution in [0.5, 0.6) is 0 Å². The Kier molecular flexibility index (Phi) is 5.78. The maximum Gasteiger partial charge on any atom is 0.349 e. The van der Waals surface area contributed by atoms with E-state index >= 15 is 0 Å². The second-order valence-electron chi connectivity index (χ2n) is 6.99. The molecule has 1 aromatic rings. The molecule has 1 aromatic carbocycles. The molecule has 4 atom stereocenters. The lowest BCUT2D eigenvalue weighted by atomic mass is 10.0. The summed E-state index contributed by atoms with van der Waals surface area (Å²) in [5.41, 5.74) is 0.864. The molecule has 29 heavy (non-hydrogen) atoms. The Bertz CT molecular complexity index is 1130. The van der Waals surface area contributed by atoms with E-state index in [1.807, 2.05) is 18.8 Å². The first-order chi connectivity index (χ1) is 13.6. The van der Waals surface area contributed by atoms with E-state index in [0.29, 0.717) is 11.0 Å². The summed E-state index contributed by atoms with van der Waals surface area (Å²) in [5, 5.41) is 48.9. The largest absolute Gasteiger partial charge is 0.394 e. The van der Waals surface area contributed by atoms with Gasteiger partial charge in [0, 0.05) is 0 Å². The van der Waals surface area contributed by atoms with Crippen LogP contribution in [0.3, 0.4) is 0 Å². The van der Waals surface area contributed by atoms with Gasteiger partial charge < -0.3 is 30.1 Å². The van der Waals surface area contributed by atoms with Gasteiger partial charge in [-0.2, -0.15) is 4.98 Å². The Morgan fingerprint density at radius 1 is 1.00 bits per heavy atom. The number of aryl methyl sites for hydroxylation is 2. The molecule has 0 fully saturated rings. The fourth-order valence-corrected chi connectivity index (χ4v) is 3.09. The Morgan fingerprint density at radius 2 is 1.62 bits per heavy atom. The van der Waals surface area contributed by atoms with E-state index in [0.717, 1.165) is 11.1 Å². The standard InChI is InChI=1S/C18H22N4O7/c1-7-3-9-10(4-8(7)2)22(5-11(24)14(26)15(27)12(25)6-23)16-13(19-9)17(28)21-18(29)20-16/h3-4,11-12,14-15,23-27H,5-6H2,1-2H3,(H,21,28,29)/t11-,12+,14+,15-/m0/s1. The van der Waals surface area contributed by atoms with Crippen LogP contribution in [0.15, 0.2) is 21.7 Å². The number of hydrogen-bond acceptors (Lipinski definition) is 9. The Balaban J connectivity index is 2.19. The van der Waals surface area contributed by atoms with E-state index in [-0.39, 0.29) is 18.1 Å². The van der Waals surface area contributed by atoms with Crippen molar-refractivity contribution in [1.29, 1.82) is 0 Å². The number of aromatic nitrogens is 4. The van der Waals surface area contributed by atoms with Crippen molar-refractivity contribution < 1.29 is 25.5 Å². The van der Waals surface area contributed by atoms with Gasteiger partial charge in [0.25, 0.3) is 5.56 Å². The van der Waals surface area contributed by atoms with Crippen LogP contribution < -0.4 is 11.2 Å². The van der Waals surface area contributed by atoms with Gasteiger partial charge in [-0.3, -0.25) is 9.78 Å². The first-order valence-electron chi connectivity index (χ1n) is 8.89. The number of aliphatic hydroxyl groups is 5. The minimum Gasteiger partial charge on any atom is -0.394 e. The van der Waals surface area contributed by atoms with E-state index in [4.69, 9.17) is 5.11 Å². The first kappa shape index (κ1) is 21.0. The molecule has 0 saturated carbocycles. The number of nitrogens with one attached hydrogen (secondary N) is 1. The van der Waals surface area contributed by atoms with Gasteiger partial charge >= 0.3 is 5.69 Å². The van der Waals surface area contributed by atoms with Crippen molar-refractivity contribution in [3.05, 3.63) is 44.1 Å². The van der Waals surface area contributed by atoms with Crippen molar-refractivity contribution >= 4 is 11.0 Å². The molecule has 2 heterocycles. The quantitative estimate of drug-likeness (QED) is 0.244. The number of benzene rings is 1. The van der Waals surface area contributed by atoms with E-state index < -0.39 is 42.3 Å². The normalized spacial score (nSPS) is 16.1. The SMILES string of the molecule is Cc1cc2nc3c(=O)[nH]c(=O)nc-3n(C[C@H](O)[C@@H](O)[C@@H](O)[C@H](O)CO)c2cc1C. The van der Waals surface area contributed by atoms with E-state index in [1.54, 1.807) is 12.1 Å². The van der Waals surface area contributed by atoms with Crippen molar-refractivity contribution in [2.24, 2.45) is 0 Å². The van der Waals surface area contributed by atoms with Crippen LogP contribution in [0.1, 0.15) is 11.1 Å². The summed E-state index contributed by atoms with van der Waals surface area (Å²) in [6, 6.07) is 3.47. The average molecular weight is 406 g/mol. The molecule has 3 rings (SSSR count). The van der Waals surface area contributed by atoms with Gasteiger partial charge in [0.05, 0.1) is 24.2 Å². The smallest absolute Gasteiger partial charge is 0.349 e. The molecule has 2 aliphatic heterocycles. The number of fused-ring (bicyclic) bond motifs is 2. The predicted molar refractivity (Wildman–Crippen MR) is 102 cm³/mol. The molecule has 6 N–H and O–H groups in total. The second kappa shape index (κ2) is 7.97. The van der Waals surface area contributed by atoms with Gasteiger partial charge in [-0.05, 0) is 37.1 Å². The number of rotatable bonds is 6. The maximum absolute atomic E-state index is 12.2. The molecule has 0 aromatic heterocycles. The number of aromatic amines is 1. The van der Waals surface area contributed by atoms with Gasteiger partial charge in [-0.15, -0.1) is 0 Å². The van der Waals surface area contributed by atoms with Crippen molar-refractivity contribution in [3.8, 4) is 11.5 Å². The zero-order valence-electron chi connectivity index (χ0n) is 15.8. The Hall–Kier alpha value is -2.70. The molecular formula is C18H22N4O7. The highest BCUT2D eigenvalue weighted by molar-refractivity contribution is 5.81. The fraction of sp³-hybridized carbons (Fsp3) is 0.444. The minimum absolute atomic E-state index is 0.0991. The second-order valence-corrected chi connectivity index (χ2v) is 6.99. The summed E-state index contributed by atoms with van der Waals surface area (Å²) in [6.45, 7) is 2.53. The molecule has 0 spiro atoms. The number of H-pyrrole nitrogens is 1. The molecule has 0 amide bonds. The summed E-state index contributed by atoms with van der Waals surface area (Å²) >= 11 is 0. The van der Waals surface area contributed by atoms with Crippen LogP contribution in [0.4, 0.5) is 0 Å². The molecule has 0 bridgehead atoms. The lowest BCUT2D eigenvalue weighted by molar-refractivity contribution is -0.117. The molecule has 11 nitrogen and oxygen atoms in total. The Labute approximate surface area is 163 Å². The zero-order chi connectivity index (χ0) is 21.5. The monoisotopic (exact) mass is 406 g/mol. The highest BCUT2D eigenvalue weighted by Crippen LogP contribution is 2.24. The third kappa shape index (κ3) is 3.91. The van der Waals surface area contributed by atoms with Gasteiger partial charge in [0.2, 0.25) is 0 Å². The van der Waals surface area contributed by atoms with Gasteiger partial charge in [-0.1, -0.05) is 0 Å². The summed E-state index contributed by atoms with van der Waals surface area (Å²) in [5.74, 6) is -0.0991. The van der Waals surface area contributed by atoms with Gasteiger partial charge in [-0.25, -0.2) is 9.78 Å².